The van der Waals surface area contributed by atoms with Gasteiger partial charge in [-0.15, -0.1) is 0 Å². The van der Waals surface area contributed by atoms with Crippen LogP contribution in [0.2, 0.25) is 0 Å². The van der Waals surface area contributed by atoms with E-state index in [2.05, 4.69) is 41.6 Å². The average molecular weight is 358 g/mol. The van der Waals surface area contributed by atoms with Gasteiger partial charge in [0.15, 0.2) is 0 Å². The number of halogens is 1. The molecule has 1 aliphatic heterocycles. The average Bonchev–Trinajstić information content (AvgIpc) is 2.46. The summed E-state index contributed by atoms with van der Waals surface area (Å²) in [5.41, 5.74) is 0.403. The number of amides is 1. The molecule has 0 N–H and O–H groups in total. The second kappa shape index (κ2) is 7.48. The van der Waals surface area contributed by atoms with Crippen molar-refractivity contribution in [3.8, 4) is 0 Å². The van der Waals surface area contributed by atoms with E-state index >= 15 is 0 Å². The quantitative estimate of drug-likeness (QED) is 0.660. The largest absolute Gasteiger partial charge is 0.342 e. The Balaban J connectivity index is 1.84. The zero-order valence-electron chi connectivity index (χ0n) is 14.0. The summed E-state index contributed by atoms with van der Waals surface area (Å²) in [6.45, 7) is 9.03. The van der Waals surface area contributed by atoms with Crippen LogP contribution in [-0.4, -0.2) is 29.2 Å². The van der Waals surface area contributed by atoms with Crippen molar-refractivity contribution in [2.45, 2.75) is 65.7 Å². The van der Waals surface area contributed by atoms with Crippen LogP contribution in [0.4, 0.5) is 0 Å². The topological polar surface area (TPSA) is 20.3 Å². The molecule has 21 heavy (non-hydrogen) atoms. The van der Waals surface area contributed by atoms with Gasteiger partial charge in [-0.05, 0) is 62.2 Å². The van der Waals surface area contributed by atoms with Crippen molar-refractivity contribution >= 4 is 21.8 Å². The van der Waals surface area contributed by atoms with Gasteiger partial charge in [0, 0.05) is 24.3 Å². The number of carbonyl (C=O) groups excluding carboxylic acids is 1. The first-order chi connectivity index (χ1) is 9.91. The summed E-state index contributed by atoms with van der Waals surface area (Å²) in [5, 5.41) is 1.07. The summed E-state index contributed by atoms with van der Waals surface area (Å²) in [6, 6.07) is 0. The third-order valence-corrected chi connectivity index (χ3v) is 6.11. The van der Waals surface area contributed by atoms with Crippen molar-refractivity contribution in [2.24, 2.45) is 23.2 Å². The fraction of sp³-hybridized carbons (Fsp3) is 0.944. The molecule has 1 aliphatic carbocycles. The van der Waals surface area contributed by atoms with Crippen LogP contribution in [0, 0.1) is 23.2 Å². The smallest absolute Gasteiger partial charge is 0.225 e. The number of hydrogen-bond donors (Lipinski definition) is 0. The molecule has 0 spiro atoms. The van der Waals surface area contributed by atoms with Gasteiger partial charge >= 0.3 is 0 Å². The Morgan fingerprint density at radius 3 is 2.38 bits per heavy atom. The van der Waals surface area contributed by atoms with E-state index in [1.165, 1.54) is 32.1 Å². The maximum atomic E-state index is 12.8. The molecule has 2 nitrogen and oxygen atoms in total. The molecule has 0 radical (unpaired) electrons. The predicted octanol–water partition coefficient (Wildman–Crippen LogP) is 4.86. The highest BCUT2D eigenvalue weighted by Gasteiger charge is 2.35. The Labute approximate surface area is 139 Å². The summed E-state index contributed by atoms with van der Waals surface area (Å²) in [5.74, 6) is 2.28. The van der Waals surface area contributed by atoms with E-state index in [-0.39, 0.29) is 0 Å². The van der Waals surface area contributed by atoms with E-state index in [0.717, 1.165) is 37.2 Å². The molecule has 1 saturated carbocycles. The molecule has 1 amide bonds. The number of piperidine rings is 1. The Bertz CT molecular complexity index is 340. The van der Waals surface area contributed by atoms with Crippen molar-refractivity contribution in [3.05, 3.63) is 0 Å². The molecule has 1 atom stereocenters. The highest BCUT2D eigenvalue weighted by atomic mass is 79.9. The third-order valence-electron chi connectivity index (χ3n) is 5.65. The molecule has 3 heteroatoms. The zero-order valence-corrected chi connectivity index (χ0v) is 15.6. The molecule has 1 unspecified atom stereocenters. The molecule has 2 rings (SSSR count). The monoisotopic (exact) mass is 357 g/mol. The normalized spacial score (nSPS) is 31.2. The molecule has 0 aromatic carbocycles. The lowest BCUT2D eigenvalue weighted by Gasteiger charge is -2.39. The summed E-state index contributed by atoms with van der Waals surface area (Å²) < 4.78 is 0. The van der Waals surface area contributed by atoms with E-state index in [0.29, 0.717) is 23.2 Å². The maximum absolute atomic E-state index is 12.8. The summed E-state index contributed by atoms with van der Waals surface area (Å²) in [4.78, 5) is 15.0. The fourth-order valence-corrected chi connectivity index (χ4v) is 4.77. The van der Waals surface area contributed by atoms with Crippen LogP contribution in [0.1, 0.15) is 65.7 Å². The Morgan fingerprint density at radius 1 is 1.14 bits per heavy atom. The summed E-state index contributed by atoms with van der Waals surface area (Å²) >= 11 is 3.54. The number of rotatable bonds is 3. The summed E-state index contributed by atoms with van der Waals surface area (Å²) in [7, 11) is 0. The van der Waals surface area contributed by atoms with E-state index < -0.39 is 0 Å². The molecule has 122 valence electrons. The number of nitrogens with zero attached hydrogens (tertiary/aromatic N) is 1. The molecular weight excluding hydrogens is 326 g/mol. The van der Waals surface area contributed by atoms with Crippen molar-refractivity contribution in [1.82, 2.24) is 4.90 Å². The van der Waals surface area contributed by atoms with Crippen LogP contribution in [-0.2, 0) is 4.79 Å². The van der Waals surface area contributed by atoms with E-state index in [4.69, 9.17) is 0 Å². The van der Waals surface area contributed by atoms with Crippen LogP contribution < -0.4 is 0 Å². The standard InChI is InChI=1S/C18H32BrNO/c1-18(2,3)16-8-6-15(7-9-16)17(21)20-12-4-5-14(13-20)10-11-19/h14-16H,4-13H2,1-3H3. The van der Waals surface area contributed by atoms with Crippen molar-refractivity contribution in [3.63, 3.8) is 0 Å². The third kappa shape index (κ3) is 4.71. The van der Waals surface area contributed by atoms with E-state index in [1.54, 1.807) is 0 Å². The Kier molecular flexibility index (Phi) is 6.16. The number of hydrogen-bond acceptors (Lipinski definition) is 1. The van der Waals surface area contributed by atoms with Gasteiger partial charge in [0.05, 0.1) is 0 Å². The first-order valence-corrected chi connectivity index (χ1v) is 9.88. The lowest BCUT2D eigenvalue weighted by atomic mass is 9.69. The van der Waals surface area contributed by atoms with Crippen molar-refractivity contribution in [2.75, 3.05) is 18.4 Å². The Morgan fingerprint density at radius 2 is 1.81 bits per heavy atom. The lowest BCUT2D eigenvalue weighted by Crippen LogP contribution is -2.44. The van der Waals surface area contributed by atoms with Gasteiger partial charge in [-0.2, -0.15) is 0 Å². The molecule has 2 fully saturated rings. The number of likely N-dealkylation sites (tertiary alicyclic amines) is 1. The van der Waals surface area contributed by atoms with Crippen LogP contribution in [0.25, 0.3) is 0 Å². The predicted molar refractivity (Wildman–Crippen MR) is 92.6 cm³/mol. The van der Waals surface area contributed by atoms with Crippen LogP contribution in [0.5, 0.6) is 0 Å². The minimum Gasteiger partial charge on any atom is -0.342 e. The first-order valence-electron chi connectivity index (χ1n) is 8.76. The molecule has 0 aromatic rings. The molecule has 0 aromatic heterocycles. The van der Waals surface area contributed by atoms with Gasteiger partial charge in [-0.3, -0.25) is 4.79 Å². The zero-order chi connectivity index (χ0) is 15.5. The SMILES string of the molecule is CC(C)(C)C1CCC(C(=O)N2CCCC(CCBr)C2)CC1. The number of carbonyl (C=O) groups is 1. The molecule has 2 aliphatic rings. The van der Waals surface area contributed by atoms with Gasteiger partial charge in [-0.25, -0.2) is 0 Å². The second-order valence-electron chi connectivity index (χ2n) is 8.18. The molecular formula is C18H32BrNO. The van der Waals surface area contributed by atoms with Crippen LogP contribution in [0.3, 0.4) is 0 Å². The van der Waals surface area contributed by atoms with Crippen LogP contribution in [0.15, 0.2) is 0 Å². The van der Waals surface area contributed by atoms with E-state index in [9.17, 15) is 4.79 Å². The fourth-order valence-electron chi connectivity index (χ4n) is 4.12. The molecule has 1 heterocycles. The van der Waals surface area contributed by atoms with E-state index in [1.807, 2.05) is 0 Å². The van der Waals surface area contributed by atoms with Crippen molar-refractivity contribution in [1.29, 1.82) is 0 Å². The van der Waals surface area contributed by atoms with Gasteiger partial charge in [0.25, 0.3) is 0 Å². The van der Waals surface area contributed by atoms with Gasteiger partial charge < -0.3 is 4.90 Å². The molecule has 0 bridgehead atoms. The summed E-state index contributed by atoms with van der Waals surface area (Å²) in [6.07, 6.45) is 8.39. The molecule has 1 saturated heterocycles. The van der Waals surface area contributed by atoms with Crippen LogP contribution >= 0.6 is 15.9 Å². The number of alkyl halides is 1. The lowest BCUT2D eigenvalue weighted by molar-refractivity contribution is -0.139. The second-order valence-corrected chi connectivity index (χ2v) is 8.98. The van der Waals surface area contributed by atoms with Crippen molar-refractivity contribution < 1.29 is 4.79 Å². The van der Waals surface area contributed by atoms with Gasteiger partial charge in [0.1, 0.15) is 0 Å². The Hall–Kier alpha value is -0.0500. The minimum atomic E-state index is 0.311. The minimum absolute atomic E-state index is 0.311. The van der Waals surface area contributed by atoms with Gasteiger partial charge in [0.2, 0.25) is 5.91 Å². The maximum Gasteiger partial charge on any atom is 0.225 e. The van der Waals surface area contributed by atoms with Gasteiger partial charge in [-0.1, -0.05) is 36.7 Å². The highest BCUT2D eigenvalue weighted by Crippen LogP contribution is 2.40. The first kappa shape index (κ1) is 17.3. The highest BCUT2D eigenvalue weighted by molar-refractivity contribution is 9.09.